The third kappa shape index (κ3) is 6.14. The smallest absolute Gasteiger partial charge is 0.236 e. The zero-order valence-corrected chi connectivity index (χ0v) is 24.3. The van der Waals surface area contributed by atoms with Crippen LogP contribution in [0.1, 0.15) is 12.5 Å². The van der Waals surface area contributed by atoms with Crippen molar-refractivity contribution < 1.29 is 18.3 Å². The molecule has 5 rings (SSSR count). The second-order valence-corrected chi connectivity index (χ2v) is 11.1. The van der Waals surface area contributed by atoms with E-state index in [-0.39, 0.29) is 17.2 Å². The SMILES string of the molecule is CCc1cc(Nc2nccn3c(-c4ccc(OC)c(F)c4F)cnc23)ccc1SN1CCN(C(=O)CN(C)C)CC1. The van der Waals surface area contributed by atoms with Crippen molar-refractivity contribution in [3.63, 3.8) is 0 Å². The Kier molecular flexibility index (Phi) is 8.71. The van der Waals surface area contributed by atoms with Crippen LogP contribution in [0.4, 0.5) is 20.3 Å². The molecule has 0 radical (unpaired) electrons. The predicted octanol–water partition coefficient (Wildman–Crippen LogP) is 4.70. The van der Waals surface area contributed by atoms with E-state index in [9.17, 15) is 13.6 Å². The number of rotatable bonds is 9. The number of hydrogen-bond acceptors (Lipinski definition) is 8. The van der Waals surface area contributed by atoms with Gasteiger partial charge in [-0.05, 0) is 68.4 Å². The molecule has 9 nitrogen and oxygen atoms in total. The first-order valence-electron chi connectivity index (χ1n) is 13.4. The van der Waals surface area contributed by atoms with E-state index in [1.54, 1.807) is 28.7 Å². The number of carbonyl (C=O) groups is 1. The molecule has 1 aliphatic heterocycles. The number of nitrogens with one attached hydrogen (secondary N) is 1. The van der Waals surface area contributed by atoms with Gasteiger partial charge in [0, 0.05) is 54.7 Å². The number of nitrogens with zero attached hydrogens (tertiary/aromatic N) is 6. The molecule has 0 bridgehead atoms. The minimum absolute atomic E-state index is 0.0745. The molecule has 1 fully saturated rings. The molecule has 3 heterocycles. The Balaban J connectivity index is 1.31. The zero-order chi connectivity index (χ0) is 29.1. The van der Waals surface area contributed by atoms with E-state index in [2.05, 4.69) is 38.6 Å². The van der Waals surface area contributed by atoms with Crippen molar-refractivity contribution in [1.29, 1.82) is 0 Å². The molecule has 2 aromatic heterocycles. The molecule has 12 heteroatoms. The van der Waals surface area contributed by atoms with Gasteiger partial charge in [-0.15, -0.1) is 0 Å². The topological polar surface area (TPSA) is 78.2 Å². The minimum atomic E-state index is -1.04. The van der Waals surface area contributed by atoms with E-state index in [0.29, 0.717) is 23.7 Å². The summed E-state index contributed by atoms with van der Waals surface area (Å²) in [6.07, 6.45) is 5.59. The summed E-state index contributed by atoms with van der Waals surface area (Å²) in [6, 6.07) is 9.03. The zero-order valence-electron chi connectivity index (χ0n) is 23.5. The molecule has 41 heavy (non-hydrogen) atoms. The summed E-state index contributed by atoms with van der Waals surface area (Å²) in [5.74, 6) is -1.54. The van der Waals surface area contributed by atoms with Gasteiger partial charge >= 0.3 is 0 Å². The standard InChI is InChI=1S/C29H33F2N7O2S/c1-5-19-16-20(6-9-24(19)41-37-14-12-36(13-15-37)25(39)18-35(2)3)34-28-29-33-17-22(38(29)11-10-32-28)21-7-8-23(40-4)27(31)26(21)30/h6-11,16-17H,5,12-15,18H2,1-4H3,(H,32,34). The molecule has 1 aliphatic rings. The highest BCUT2D eigenvalue weighted by Gasteiger charge is 2.23. The van der Waals surface area contributed by atoms with E-state index in [1.165, 1.54) is 31.0 Å². The van der Waals surface area contributed by atoms with Crippen LogP contribution in [0.2, 0.25) is 0 Å². The number of hydrogen-bond donors (Lipinski definition) is 1. The van der Waals surface area contributed by atoms with E-state index in [4.69, 9.17) is 4.74 Å². The van der Waals surface area contributed by atoms with Crippen LogP contribution in [-0.4, -0.2) is 88.3 Å². The summed E-state index contributed by atoms with van der Waals surface area (Å²) in [5.41, 5.74) is 2.98. The average Bonchev–Trinajstić information content (AvgIpc) is 3.40. The molecule has 0 saturated carbocycles. The first-order valence-corrected chi connectivity index (χ1v) is 14.2. The first kappa shape index (κ1) is 28.8. The second kappa shape index (κ2) is 12.4. The summed E-state index contributed by atoms with van der Waals surface area (Å²) < 4.78 is 38.1. The van der Waals surface area contributed by atoms with Crippen LogP contribution in [0, 0.1) is 11.6 Å². The van der Waals surface area contributed by atoms with Crippen molar-refractivity contribution in [2.24, 2.45) is 0 Å². The fourth-order valence-corrected chi connectivity index (χ4v) is 5.87. The summed E-state index contributed by atoms with van der Waals surface area (Å²) in [4.78, 5) is 26.3. The fourth-order valence-electron chi connectivity index (χ4n) is 4.79. The van der Waals surface area contributed by atoms with Gasteiger partial charge in [-0.2, -0.15) is 4.39 Å². The highest BCUT2D eigenvalue weighted by atomic mass is 32.2. The number of ether oxygens (including phenoxy) is 1. The van der Waals surface area contributed by atoms with Gasteiger partial charge in [0.1, 0.15) is 0 Å². The van der Waals surface area contributed by atoms with E-state index < -0.39 is 11.6 Å². The lowest BCUT2D eigenvalue weighted by Gasteiger charge is -2.34. The molecule has 2 aromatic carbocycles. The summed E-state index contributed by atoms with van der Waals surface area (Å²) >= 11 is 1.72. The number of methoxy groups -OCH3 is 1. The maximum atomic E-state index is 14.8. The maximum Gasteiger partial charge on any atom is 0.236 e. The Labute approximate surface area is 242 Å². The number of fused-ring (bicyclic) bond motifs is 1. The number of likely N-dealkylation sites (N-methyl/N-ethyl adjacent to an activating group) is 1. The number of imidazole rings is 1. The van der Waals surface area contributed by atoms with Crippen LogP contribution in [0.15, 0.2) is 53.8 Å². The highest BCUT2D eigenvalue weighted by Crippen LogP contribution is 2.33. The normalized spacial score (nSPS) is 14.2. The molecule has 216 valence electrons. The number of carbonyl (C=O) groups excluding carboxylic acids is 1. The van der Waals surface area contributed by atoms with Crippen molar-refractivity contribution >= 4 is 35.0 Å². The van der Waals surface area contributed by atoms with Crippen LogP contribution in [0.5, 0.6) is 5.75 Å². The highest BCUT2D eigenvalue weighted by molar-refractivity contribution is 7.97. The Morgan fingerprint density at radius 2 is 1.88 bits per heavy atom. The van der Waals surface area contributed by atoms with Crippen molar-refractivity contribution in [1.82, 2.24) is 28.5 Å². The van der Waals surface area contributed by atoms with Crippen molar-refractivity contribution in [3.8, 4) is 17.0 Å². The molecule has 1 N–H and O–H groups in total. The quantitative estimate of drug-likeness (QED) is 0.285. The number of anilines is 2. The summed E-state index contributed by atoms with van der Waals surface area (Å²) in [7, 11) is 5.11. The lowest BCUT2D eigenvalue weighted by atomic mass is 10.1. The summed E-state index contributed by atoms with van der Waals surface area (Å²) in [6.45, 7) is 5.59. The number of aryl methyl sites for hydroxylation is 1. The largest absolute Gasteiger partial charge is 0.494 e. The Hall–Kier alpha value is -3.74. The van der Waals surface area contributed by atoms with Crippen LogP contribution in [0.3, 0.4) is 0 Å². The number of piperazine rings is 1. The van der Waals surface area contributed by atoms with Gasteiger partial charge < -0.3 is 19.9 Å². The lowest BCUT2D eigenvalue weighted by Crippen LogP contribution is -2.48. The van der Waals surface area contributed by atoms with E-state index in [0.717, 1.165) is 43.2 Å². The number of halogens is 2. The number of amides is 1. The first-order chi connectivity index (χ1) is 19.8. The average molecular weight is 582 g/mol. The molecule has 0 unspecified atom stereocenters. The van der Waals surface area contributed by atoms with Crippen LogP contribution in [-0.2, 0) is 11.2 Å². The Morgan fingerprint density at radius 1 is 1.10 bits per heavy atom. The molecule has 0 atom stereocenters. The van der Waals surface area contributed by atoms with Gasteiger partial charge in [-0.25, -0.2) is 18.7 Å². The second-order valence-electron chi connectivity index (χ2n) is 10.00. The number of benzene rings is 2. The van der Waals surface area contributed by atoms with E-state index >= 15 is 0 Å². The van der Waals surface area contributed by atoms with Gasteiger partial charge in [0.25, 0.3) is 0 Å². The van der Waals surface area contributed by atoms with E-state index in [1.807, 2.05) is 30.0 Å². The molecule has 4 aromatic rings. The fraction of sp³-hybridized carbons (Fsp3) is 0.345. The number of aromatic nitrogens is 3. The minimum Gasteiger partial charge on any atom is -0.494 e. The molecular formula is C29H33F2N7O2S. The molecule has 0 aliphatic carbocycles. The molecular weight excluding hydrogens is 548 g/mol. The Bertz CT molecular complexity index is 1550. The van der Waals surface area contributed by atoms with Crippen LogP contribution >= 0.6 is 11.9 Å². The van der Waals surface area contributed by atoms with Gasteiger partial charge in [0.15, 0.2) is 23.0 Å². The van der Waals surface area contributed by atoms with Gasteiger partial charge in [0.05, 0.1) is 25.5 Å². The lowest BCUT2D eigenvalue weighted by molar-refractivity contribution is -0.132. The monoisotopic (exact) mass is 581 g/mol. The Morgan fingerprint density at radius 3 is 2.59 bits per heavy atom. The molecule has 0 spiro atoms. The third-order valence-corrected chi connectivity index (χ3v) is 8.16. The van der Waals surface area contributed by atoms with Gasteiger partial charge in [-0.3, -0.25) is 9.20 Å². The van der Waals surface area contributed by atoms with Gasteiger partial charge in [0.2, 0.25) is 11.7 Å². The molecule has 1 amide bonds. The van der Waals surface area contributed by atoms with Crippen molar-refractivity contribution in [2.75, 3.05) is 59.2 Å². The van der Waals surface area contributed by atoms with Gasteiger partial charge in [-0.1, -0.05) is 6.92 Å². The predicted molar refractivity (Wildman–Crippen MR) is 157 cm³/mol. The van der Waals surface area contributed by atoms with Crippen molar-refractivity contribution in [2.45, 2.75) is 18.2 Å². The summed E-state index contributed by atoms with van der Waals surface area (Å²) in [5, 5.41) is 3.34. The van der Waals surface area contributed by atoms with Crippen LogP contribution in [0.25, 0.3) is 16.9 Å². The van der Waals surface area contributed by atoms with Crippen molar-refractivity contribution in [3.05, 3.63) is 66.1 Å². The third-order valence-electron chi connectivity index (χ3n) is 6.95. The molecule has 1 saturated heterocycles. The van der Waals surface area contributed by atoms with Crippen LogP contribution < -0.4 is 10.1 Å². The maximum absolute atomic E-state index is 14.8.